The normalized spacial score (nSPS) is 15.3. The van der Waals surface area contributed by atoms with Crippen LogP contribution in [0, 0.1) is 11.8 Å². The van der Waals surface area contributed by atoms with Crippen molar-refractivity contribution < 1.29 is 9.53 Å². The molecule has 0 bridgehead atoms. The largest absolute Gasteiger partial charge is 0.464 e. The number of carbonyl (C=O) groups is 1. The molecule has 208 valence electrons. The minimum absolute atomic E-state index is 0.0291. The third kappa shape index (κ3) is 5.33. The predicted octanol–water partition coefficient (Wildman–Crippen LogP) is 1.26. The van der Waals surface area contributed by atoms with Crippen molar-refractivity contribution >= 4 is 34.1 Å². The Bertz CT molecular complexity index is 1740. The zero-order chi connectivity index (χ0) is 28.2. The van der Waals surface area contributed by atoms with Crippen LogP contribution in [0.2, 0.25) is 0 Å². The van der Waals surface area contributed by atoms with E-state index in [1.807, 2.05) is 11.8 Å². The van der Waals surface area contributed by atoms with Gasteiger partial charge >= 0.3 is 11.7 Å². The first kappa shape index (κ1) is 27.1. The van der Waals surface area contributed by atoms with Crippen LogP contribution in [-0.2, 0) is 29.2 Å². The maximum Gasteiger partial charge on any atom is 0.333 e. The summed E-state index contributed by atoms with van der Waals surface area (Å²) >= 11 is 0. The van der Waals surface area contributed by atoms with Gasteiger partial charge in [-0.15, -0.1) is 5.92 Å². The molecule has 1 saturated heterocycles. The van der Waals surface area contributed by atoms with Gasteiger partial charge in [-0.2, -0.15) is 4.98 Å². The van der Waals surface area contributed by atoms with Crippen LogP contribution >= 0.6 is 0 Å². The molecular formula is C28H32N8O4. The molecule has 0 saturated carbocycles. The van der Waals surface area contributed by atoms with Crippen LogP contribution in [-0.4, -0.2) is 60.4 Å². The number of esters is 1. The highest BCUT2D eigenvalue weighted by molar-refractivity contribution is 5.78. The van der Waals surface area contributed by atoms with Crippen molar-refractivity contribution in [3.8, 4) is 11.8 Å². The molecule has 0 aliphatic carbocycles. The lowest BCUT2D eigenvalue weighted by molar-refractivity contribution is -0.144. The summed E-state index contributed by atoms with van der Waals surface area (Å²) in [5.41, 5.74) is 7.43. The summed E-state index contributed by atoms with van der Waals surface area (Å²) in [5.74, 6) is 5.82. The van der Waals surface area contributed by atoms with E-state index in [1.165, 1.54) is 4.57 Å². The van der Waals surface area contributed by atoms with Crippen LogP contribution in [0.25, 0.3) is 22.2 Å². The smallest absolute Gasteiger partial charge is 0.333 e. The molecular weight excluding hydrogens is 512 g/mol. The Morgan fingerprint density at radius 2 is 1.95 bits per heavy atom. The molecule has 1 unspecified atom stereocenters. The highest BCUT2D eigenvalue weighted by atomic mass is 16.5. The Hall–Kier alpha value is -4.50. The molecule has 12 heteroatoms. The standard InChI is InChI=1S/C28H32N8O4/c1-3-5-13-34-24-25(32-27(34)33-12-6-7-20(29)17-33)35(18-23(37)40-14-4-2)28(39)36(26(24)38)16-19-8-9-21-22(15-19)31-11-10-30-21/h8-11,15,20H,4,6-7,12-14,16-18,29H2,1-2H3. The molecule has 0 amide bonds. The number of hydrogen-bond donors (Lipinski definition) is 1. The number of nitrogens with two attached hydrogens (primary N) is 1. The van der Waals surface area contributed by atoms with E-state index in [-0.39, 0.29) is 43.4 Å². The van der Waals surface area contributed by atoms with Crippen LogP contribution < -0.4 is 21.9 Å². The molecule has 3 aromatic heterocycles. The fourth-order valence-electron chi connectivity index (χ4n) is 4.98. The van der Waals surface area contributed by atoms with Gasteiger partial charge in [-0.1, -0.05) is 18.9 Å². The fourth-order valence-corrected chi connectivity index (χ4v) is 4.98. The first-order valence-corrected chi connectivity index (χ1v) is 13.4. The molecule has 1 fully saturated rings. The average molecular weight is 545 g/mol. The van der Waals surface area contributed by atoms with Crippen molar-refractivity contribution in [1.82, 2.24) is 28.7 Å². The maximum atomic E-state index is 14.0. The maximum absolute atomic E-state index is 14.0. The van der Waals surface area contributed by atoms with Crippen LogP contribution in [0.5, 0.6) is 0 Å². The number of aromatic nitrogens is 6. The van der Waals surface area contributed by atoms with Gasteiger partial charge in [0.15, 0.2) is 11.2 Å². The van der Waals surface area contributed by atoms with Crippen molar-refractivity contribution in [1.29, 1.82) is 0 Å². The van der Waals surface area contributed by atoms with E-state index in [0.29, 0.717) is 42.1 Å². The number of fused-ring (bicyclic) bond motifs is 2. The molecule has 1 atom stereocenters. The van der Waals surface area contributed by atoms with Crippen molar-refractivity contribution in [2.45, 2.75) is 58.8 Å². The predicted molar refractivity (Wildman–Crippen MR) is 151 cm³/mol. The molecule has 1 aliphatic rings. The van der Waals surface area contributed by atoms with Gasteiger partial charge in [-0.25, -0.2) is 4.79 Å². The second-order valence-electron chi connectivity index (χ2n) is 9.81. The van der Waals surface area contributed by atoms with Gasteiger partial charge in [0.1, 0.15) is 6.54 Å². The Labute approximate surface area is 230 Å². The zero-order valence-electron chi connectivity index (χ0n) is 22.7. The van der Waals surface area contributed by atoms with Gasteiger partial charge in [0, 0.05) is 31.5 Å². The summed E-state index contributed by atoms with van der Waals surface area (Å²) in [6.07, 6.45) is 5.59. The van der Waals surface area contributed by atoms with Gasteiger partial charge < -0.3 is 15.4 Å². The highest BCUT2D eigenvalue weighted by Gasteiger charge is 2.27. The van der Waals surface area contributed by atoms with Crippen molar-refractivity contribution in [2.75, 3.05) is 24.6 Å². The van der Waals surface area contributed by atoms with Crippen LogP contribution in [0.3, 0.4) is 0 Å². The molecule has 12 nitrogen and oxygen atoms in total. The lowest BCUT2D eigenvalue weighted by Gasteiger charge is -2.31. The van der Waals surface area contributed by atoms with E-state index in [9.17, 15) is 14.4 Å². The monoisotopic (exact) mass is 544 g/mol. The first-order valence-electron chi connectivity index (χ1n) is 13.4. The lowest BCUT2D eigenvalue weighted by Crippen LogP contribution is -2.44. The minimum atomic E-state index is -0.654. The minimum Gasteiger partial charge on any atom is -0.464 e. The second kappa shape index (κ2) is 11.7. The zero-order valence-corrected chi connectivity index (χ0v) is 22.7. The molecule has 40 heavy (non-hydrogen) atoms. The first-order chi connectivity index (χ1) is 19.4. The number of nitrogens with zero attached hydrogens (tertiary/aromatic N) is 7. The van der Waals surface area contributed by atoms with E-state index < -0.39 is 17.2 Å². The Morgan fingerprint density at radius 1 is 1.15 bits per heavy atom. The lowest BCUT2D eigenvalue weighted by atomic mass is 10.1. The summed E-state index contributed by atoms with van der Waals surface area (Å²) in [7, 11) is 0. The van der Waals surface area contributed by atoms with Gasteiger partial charge in [0.05, 0.1) is 30.7 Å². The molecule has 2 N–H and O–H groups in total. The van der Waals surface area contributed by atoms with E-state index in [0.717, 1.165) is 17.4 Å². The second-order valence-corrected chi connectivity index (χ2v) is 9.81. The number of benzene rings is 1. The van der Waals surface area contributed by atoms with E-state index >= 15 is 0 Å². The number of anilines is 1. The molecule has 1 aliphatic heterocycles. The van der Waals surface area contributed by atoms with Gasteiger partial charge in [0.2, 0.25) is 5.95 Å². The van der Waals surface area contributed by atoms with Gasteiger partial charge in [-0.05, 0) is 43.9 Å². The molecule has 0 radical (unpaired) electrons. The SMILES string of the molecule is CC#CCn1c(N2CCCC(N)C2)nc2c1c(=O)n(Cc1ccc3nccnc3c1)c(=O)n2CC(=O)OCCC. The van der Waals surface area contributed by atoms with Crippen molar-refractivity contribution in [3.05, 3.63) is 57.0 Å². The Kier molecular flexibility index (Phi) is 7.93. The number of hydrogen-bond acceptors (Lipinski definition) is 9. The third-order valence-corrected chi connectivity index (χ3v) is 6.88. The molecule has 0 spiro atoms. The van der Waals surface area contributed by atoms with Crippen molar-refractivity contribution in [2.24, 2.45) is 5.73 Å². The van der Waals surface area contributed by atoms with Crippen LogP contribution in [0.4, 0.5) is 5.95 Å². The number of imidazole rings is 1. The summed E-state index contributed by atoms with van der Waals surface area (Å²) in [6.45, 7) is 4.86. The Balaban J connectivity index is 1.71. The molecule has 5 rings (SSSR count). The van der Waals surface area contributed by atoms with Gasteiger partial charge in [0.25, 0.3) is 5.56 Å². The Morgan fingerprint density at radius 3 is 2.70 bits per heavy atom. The topological polar surface area (TPSA) is 143 Å². The van der Waals surface area contributed by atoms with Crippen LogP contribution in [0.15, 0.2) is 40.2 Å². The fraction of sp³-hybridized carbons (Fsp3) is 0.429. The molecule has 4 aromatic rings. The summed E-state index contributed by atoms with van der Waals surface area (Å²) < 4.78 is 9.35. The van der Waals surface area contributed by atoms with Crippen LogP contribution in [0.1, 0.15) is 38.7 Å². The van der Waals surface area contributed by atoms with Gasteiger partial charge in [-0.3, -0.25) is 33.3 Å². The highest BCUT2D eigenvalue weighted by Crippen LogP contribution is 2.23. The molecule has 4 heterocycles. The summed E-state index contributed by atoms with van der Waals surface area (Å²) in [5, 5.41) is 0. The third-order valence-electron chi connectivity index (χ3n) is 6.88. The van der Waals surface area contributed by atoms with E-state index in [2.05, 4.69) is 21.8 Å². The summed E-state index contributed by atoms with van der Waals surface area (Å²) in [4.78, 5) is 55.9. The number of ether oxygens (including phenoxy) is 1. The number of rotatable bonds is 8. The van der Waals surface area contributed by atoms with E-state index in [4.69, 9.17) is 15.5 Å². The van der Waals surface area contributed by atoms with E-state index in [1.54, 1.807) is 42.1 Å². The quantitative estimate of drug-likeness (QED) is 0.256. The molecule has 1 aromatic carbocycles. The van der Waals surface area contributed by atoms with Crippen molar-refractivity contribution in [3.63, 3.8) is 0 Å². The average Bonchev–Trinajstić information content (AvgIpc) is 3.34. The number of carbonyl (C=O) groups excluding carboxylic acids is 1. The summed E-state index contributed by atoms with van der Waals surface area (Å²) in [6, 6.07) is 5.34. The number of piperidine rings is 1.